The average molecular weight is 327 g/mol. The van der Waals surface area contributed by atoms with E-state index in [1.165, 1.54) is 0 Å². The molecule has 1 saturated carbocycles. The van der Waals surface area contributed by atoms with Crippen molar-refractivity contribution in [3.63, 3.8) is 0 Å². The minimum absolute atomic E-state index is 0.0449. The summed E-state index contributed by atoms with van der Waals surface area (Å²) >= 11 is 0. The molecular formula is C18H21N3O3. The third-order valence-corrected chi connectivity index (χ3v) is 4.69. The fraction of sp³-hybridized carbons (Fsp3) is 0.389. The van der Waals surface area contributed by atoms with Crippen LogP contribution >= 0.6 is 0 Å². The number of carboxylic acids is 1. The van der Waals surface area contributed by atoms with Gasteiger partial charge in [-0.05, 0) is 12.8 Å². The molecule has 126 valence electrons. The number of aromatic nitrogens is 2. The molecule has 2 aromatic rings. The molecule has 0 radical (unpaired) electrons. The molecule has 0 spiro atoms. The van der Waals surface area contributed by atoms with Crippen LogP contribution < -0.4 is 5.32 Å². The fourth-order valence-corrected chi connectivity index (χ4v) is 3.14. The van der Waals surface area contributed by atoms with Crippen molar-refractivity contribution in [3.8, 4) is 11.3 Å². The van der Waals surface area contributed by atoms with E-state index in [1.807, 2.05) is 43.6 Å². The van der Waals surface area contributed by atoms with E-state index in [9.17, 15) is 14.7 Å². The highest BCUT2D eigenvalue weighted by Crippen LogP contribution is 2.44. The number of benzene rings is 1. The quantitative estimate of drug-likeness (QED) is 0.853. The number of rotatable bonds is 6. The lowest BCUT2D eigenvalue weighted by Gasteiger charge is -2.36. The first-order valence-corrected chi connectivity index (χ1v) is 8.08. The molecule has 1 amide bonds. The Morgan fingerprint density at radius 3 is 2.58 bits per heavy atom. The maximum Gasteiger partial charge on any atom is 0.310 e. The highest BCUT2D eigenvalue weighted by Gasteiger charge is 2.45. The number of aliphatic carboxylic acids is 1. The van der Waals surface area contributed by atoms with E-state index < -0.39 is 11.4 Å². The molecular weight excluding hydrogens is 306 g/mol. The van der Waals surface area contributed by atoms with Crippen LogP contribution in [0.4, 0.5) is 0 Å². The monoisotopic (exact) mass is 327 g/mol. The number of nitrogens with one attached hydrogen (secondary N) is 1. The van der Waals surface area contributed by atoms with Gasteiger partial charge in [0.25, 0.3) is 0 Å². The van der Waals surface area contributed by atoms with Crippen LogP contribution in [0.25, 0.3) is 11.3 Å². The fourth-order valence-electron chi connectivity index (χ4n) is 3.14. The zero-order chi connectivity index (χ0) is 17.2. The molecule has 1 aliphatic carbocycles. The van der Waals surface area contributed by atoms with Crippen LogP contribution in [0.1, 0.15) is 31.2 Å². The van der Waals surface area contributed by atoms with E-state index in [0.717, 1.165) is 23.2 Å². The number of carbonyl (C=O) groups is 2. The molecule has 0 aliphatic heterocycles. The maximum absolute atomic E-state index is 12.2. The van der Waals surface area contributed by atoms with E-state index in [4.69, 9.17) is 0 Å². The Morgan fingerprint density at radius 2 is 2.00 bits per heavy atom. The molecule has 6 nitrogen and oxygen atoms in total. The molecule has 24 heavy (non-hydrogen) atoms. The van der Waals surface area contributed by atoms with Crippen LogP contribution in [0, 0.1) is 5.41 Å². The predicted octanol–water partition coefficient (Wildman–Crippen LogP) is 2.35. The SMILES string of the molecule is Cn1cc(CNC(=O)CC2(C(=O)O)CCC2)c(-c2ccccc2)n1. The summed E-state index contributed by atoms with van der Waals surface area (Å²) in [7, 11) is 1.84. The minimum atomic E-state index is -0.866. The van der Waals surface area contributed by atoms with Crippen molar-refractivity contribution in [2.75, 3.05) is 0 Å². The number of hydrogen-bond acceptors (Lipinski definition) is 3. The Labute approximate surface area is 140 Å². The van der Waals surface area contributed by atoms with E-state index in [0.29, 0.717) is 19.4 Å². The second kappa shape index (κ2) is 6.47. The largest absolute Gasteiger partial charge is 0.481 e. The van der Waals surface area contributed by atoms with Crippen LogP contribution in [0.15, 0.2) is 36.5 Å². The van der Waals surface area contributed by atoms with Crippen LogP contribution in [0.5, 0.6) is 0 Å². The molecule has 0 unspecified atom stereocenters. The van der Waals surface area contributed by atoms with Gasteiger partial charge in [0.2, 0.25) is 5.91 Å². The molecule has 3 rings (SSSR count). The van der Waals surface area contributed by atoms with Gasteiger partial charge in [-0.25, -0.2) is 0 Å². The number of aryl methyl sites for hydroxylation is 1. The summed E-state index contributed by atoms with van der Waals surface area (Å²) in [4.78, 5) is 23.5. The third-order valence-electron chi connectivity index (χ3n) is 4.69. The Bertz CT molecular complexity index is 748. The standard InChI is InChI=1S/C18H21N3O3/c1-21-12-14(16(20-21)13-6-3-2-4-7-13)11-19-15(22)10-18(17(23)24)8-5-9-18/h2-4,6-7,12H,5,8-11H2,1H3,(H,19,22)(H,23,24). The molecule has 1 aromatic heterocycles. The molecule has 0 atom stereocenters. The van der Waals surface area contributed by atoms with Crippen LogP contribution in [-0.2, 0) is 23.2 Å². The topological polar surface area (TPSA) is 84.2 Å². The summed E-state index contributed by atoms with van der Waals surface area (Å²) in [5.41, 5.74) is 1.87. The second-order valence-corrected chi connectivity index (χ2v) is 6.44. The summed E-state index contributed by atoms with van der Waals surface area (Å²) in [6, 6.07) is 9.78. The van der Waals surface area contributed by atoms with Crippen molar-refractivity contribution >= 4 is 11.9 Å². The van der Waals surface area contributed by atoms with Gasteiger partial charge in [-0.2, -0.15) is 5.10 Å². The first-order valence-electron chi connectivity index (χ1n) is 8.08. The Hall–Kier alpha value is -2.63. The van der Waals surface area contributed by atoms with E-state index in [1.54, 1.807) is 4.68 Å². The van der Waals surface area contributed by atoms with Gasteiger partial charge in [0.05, 0.1) is 11.1 Å². The molecule has 1 aromatic carbocycles. The first kappa shape index (κ1) is 16.2. The number of carboxylic acid groups (broad SMARTS) is 1. The Kier molecular flexibility index (Phi) is 4.38. The molecule has 2 N–H and O–H groups in total. The first-order chi connectivity index (χ1) is 11.5. The van der Waals surface area contributed by atoms with Gasteiger partial charge >= 0.3 is 5.97 Å². The van der Waals surface area contributed by atoms with E-state index in [-0.39, 0.29) is 12.3 Å². The molecule has 0 bridgehead atoms. The molecule has 0 saturated heterocycles. The zero-order valence-corrected chi connectivity index (χ0v) is 13.7. The van der Waals surface area contributed by atoms with Gasteiger partial charge in [0.1, 0.15) is 0 Å². The summed E-state index contributed by atoms with van der Waals surface area (Å²) in [6.45, 7) is 0.340. The van der Waals surface area contributed by atoms with Gasteiger partial charge in [0, 0.05) is 37.3 Å². The zero-order valence-electron chi connectivity index (χ0n) is 13.7. The molecule has 1 fully saturated rings. The summed E-state index contributed by atoms with van der Waals surface area (Å²) < 4.78 is 1.72. The minimum Gasteiger partial charge on any atom is -0.481 e. The third kappa shape index (κ3) is 3.18. The maximum atomic E-state index is 12.2. The summed E-state index contributed by atoms with van der Waals surface area (Å²) in [6.07, 6.45) is 3.96. The number of carbonyl (C=O) groups excluding carboxylic acids is 1. The average Bonchev–Trinajstić information content (AvgIpc) is 2.90. The number of hydrogen-bond donors (Lipinski definition) is 2. The van der Waals surface area contributed by atoms with Crippen LogP contribution in [0.2, 0.25) is 0 Å². The van der Waals surface area contributed by atoms with Crippen molar-refractivity contribution in [1.29, 1.82) is 0 Å². The smallest absolute Gasteiger partial charge is 0.310 e. The molecule has 1 aliphatic rings. The van der Waals surface area contributed by atoms with Crippen LogP contribution in [-0.4, -0.2) is 26.8 Å². The number of nitrogens with zero attached hydrogens (tertiary/aromatic N) is 2. The normalized spacial score (nSPS) is 15.5. The van der Waals surface area contributed by atoms with Gasteiger partial charge in [-0.1, -0.05) is 36.8 Å². The van der Waals surface area contributed by atoms with Gasteiger partial charge in [0.15, 0.2) is 0 Å². The Balaban J connectivity index is 1.67. The van der Waals surface area contributed by atoms with Crippen molar-refractivity contribution < 1.29 is 14.7 Å². The highest BCUT2D eigenvalue weighted by atomic mass is 16.4. The number of amides is 1. The van der Waals surface area contributed by atoms with Crippen molar-refractivity contribution in [2.24, 2.45) is 12.5 Å². The lowest BCUT2D eigenvalue weighted by atomic mass is 9.66. The lowest BCUT2D eigenvalue weighted by molar-refractivity contribution is -0.157. The van der Waals surface area contributed by atoms with Gasteiger partial charge in [-0.3, -0.25) is 14.3 Å². The summed E-state index contributed by atoms with van der Waals surface area (Å²) in [5.74, 6) is -1.09. The van der Waals surface area contributed by atoms with Crippen LogP contribution in [0.3, 0.4) is 0 Å². The van der Waals surface area contributed by atoms with Crippen molar-refractivity contribution in [2.45, 2.75) is 32.2 Å². The molecule has 6 heteroatoms. The van der Waals surface area contributed by atoms with Crippen molar-refractivity contribution in [3.05, 3.63) is 42.1 Å². The van der Waals surface area contributed by atoms with E-state index >= 15 is 0 Å². The Morgan fingerprint density at radius 1 is 1.29 bits per heavy atom. The molecule has 1 heterocycles. The van der Waals surface area contributed by atoms with E-state index in [2.05, 4.69) is 10.4 Å². The predicted molar refractivity (Wildman–Crippen MR) is 89.0 cm³/mol. The van der Waals surface area contributed by atoms with Crippen molar-refractivity contribution in [1.82, 2.24) is 15.1 Å². The highest BCUT2D eigenvalue weighted by molar-refractivity contribution is 5.85. The lowest BCUT2D eigenvalue weighted by Crippen LogP contribution is -2.42. The van der Waals surface area contributed by atoms with Gasteiger partial charge in [-0.15, -0.1) is 0 Å². The second-order valence-electron chi connectivity index (χ2n) is 6.44. The summed E-state index contributed by atoms with van der Waals surface area (Å²) in [5, 5.41) is 16.6. The van der Waals surface area contributed by atoms with Gasteiger partial charge < -0.3 is 10.4 Å².